The molecule has 0 radical (unpaired) electrons. The summed E-state index contributed by atoms with van der Waals surface area (Å²) < 4.78 is 12.0. The molecule has 1 amide bonds. The molecule has 1 aliphatic rings. The van der Waals surface area contributed by atoms with Gasteiger partial charge in [-0.15, -0.1) is 0 Å². The van der Waals surface area contributed by atoms with Crippen LogP contribution in [-0.4, -0.2) is 43.7 Å². The monoisotopic (exact) mass is 452 g/mol. The first-order valence-electron chi connectivity index (χ1n) is 8.26. The van der Waals surface area contributed by atoms with Gasteiger partial charge in [-0.1, -0.05) is 12.1 Å². The zero-order valence-electron chi connectivity index (χ0n) is 13.9. The molecular formula is C19H21IN2O3. The third kappa shape index (κ3) is 5.98. The van der Waals surface area contributed by atoms with Crippen LogP contribution in [0.1, 0.15) is 5.56 Å². The molecular weight excluding hydrogens is 431 g/mol. The van der Waals surface area contributed by atoms with E-state index in [-0.39, 0.29) is 12.5 Å². The van der Waals surface area contributed by atoms with Crippen LogP contribution in [0.2, 0.25) is 0 Å². The number of halogens is 1. The maximum Gasteiger partial charge on any atom is 0.262 e. The van der Waals surface area contributed by atoms with Gasteiger partial charge in [0.2, 0.25) is 0 Å². The lowest BCUT2D eigenvalue weighted by Crippen LogP contribution is -2.35. The third-order valence-corrected chi connectivity index (χ3v) is 4.65. The van der Waals surface area contributed by atoms with Crippen LogP contribution in [-0.2, 0) is 16.1 Å². The first-order chi connectivity index (χ1) is 12.2. The molecule has 0 bridgehead atoms. The Balaban J connectivity index is 1.45. The van der Waals surface area contributed by atoms with Crippen molar-refractivity contribution in [1.29, 1.82) is 0 Å². The van der Waals surface area contributed by atoms with Crippen molar-refractivity contribution in [3.63, 3.8) is 0 Å². The van der Waals surface area contributed by atoms with Gasteiger partial charge in [-0.3, -0.25) is 9.69 Å². The molecule has 2 aromatic rings. The summed E-state index contributed by atoms with van der Waals surface area (Å²) in [5.41, 5.74) is 2.01. The third-order valence-electron chi connectivity index (χ3n) is 3.93. The van der Waals surface area contributed by atoms with Gasteiger partial charge in [0.05, 0.1) is 13.2 Å². The Morgan fingerprint density at radius 1 is 1.08 bits per heavy atom. The van der Waals surface area contributed by atoms with Crippen molar-refractivity contribution >= 4 is 34.2 Å². The topological polar surface area (TPSA) is 50.8 Å². The zero-order chi connectivity index (χ0) is 17.5. The van der Waals surface area contributed by atoms with Crippen molar-refractivity contribution in [2.75, 3.05) is 38.2 Å². The summed E-state index contributed by atoms with van der Waals surface area (Å²) in [6, 6.07) is 15.6. The molecule has 1 saturated heterocycles. The highest BCUT2D eigenvalue weighted by atomic mass is 127. The van der Waals surface area contributed by atoms with E-state index in [0.29, 0.717) is 5.75 Å². The van der Waals surface area contributed by atoms with E-state index >= 15 is 0 Å². The highest BCUT2D eigenvalue weighted by molar-refractivity contribution is 14.1. The fraction of sp³-hybridized carbons (Fsp3) is 0.316. The molecule has 0 unspecified atom stereocenters. The summed E-state index contributed by atoms with van der Waals surface area (Å²) in [7, 11) is 0. The van der Waals surface area contributed by atoms with Crippen LogP contribution in [0.4, 0.5) is 5.69 Å². The van der Waals surface area contributed by atoms with E-state index in [9.17, 15) is 4.79 Å². The van der Waals surface area contributed by atoms with Gasteiger partial charge in [0.15, 0.2) is 6.61 Å². The fourth-order valence-corrected chi connectivity index (χ4v) is 2.95. The lowest BCUT2D eigenvalue weighted by atomic mass is 10.2. The van der Waals surface area contributed by atoms with Crippen molar-refractivity contribution in [1.82, 2.24) is 4.90 Å². The highest BCUT2D eigenvalue weighted by Crippen LogP contribution is 2.15. The average molecular weight is 452 g/mol. The molecule has 132 valence electrons. The minimum Gasteiger partial charge on any atom is -0.484 e. The minimum absolute atomic E-state index is 0.00385. The maximum absolute atomic E-state index is 12.0. The van der Waals surface area contributed by atoms with Gasteiger partial charge in [-0.2, -0.15) is 0 Å². The molecule has 2 aromatic carbocycles. The molecule has 0 aromatic heterocycles. The van der Waals surface area contributed by atoms with Crippen LogP contribution in [0.25, 0.3) is 0 Å². The van der Waals surface area contributed by atoms with E-state index < -0.39 is 0 Å². The van der Waals surface area contributed by atoms with Crippen LogP contribution in [0, 0.1) is 3.57 Å². The number of nitrogens with zero attached hydrogens (tertiary/aromatic N) is 1. The number of hydrogen-bond acceptors (Lipinski definition) is 4. The Morgan fingerprint density at radius 2 is 1.76 bits per heavy atom. The number of hydrogen-bond donors (Lipinski definition) is 1. The number of rotatable bonds is 6. The van der Waals surface area contributed by atoms with Gasteiger partial charge in [0.25, 0.3) is 5.91 Å². The first kappa shape index (κ1) is 18.2. The van der Waals surface area contributed by atoms with Crippen LogP contribution in [0.3, 0.4) is 0 Å². The molecule has 0 aliphatic carbocycles. The Kier molecular flexibility index (Phi) is 6.66. The SMILES string of the molecule is O=C(COc1ccc(I)cc1)Nc1ccc(CN2CCOCC2)cc1. The second-order valence-corrected chi connectivity index (χ2v) is 7.12. The Bertz CT molecular complexity index is 683. The number of ether oxygens (including phenoxy) is 2. The van der Waals surface area contributed by atoms with Crippen LogP contribution in [0.15, 0.2) is 48.5 Å². The summed E-state index contributed by atoms with van der Waals surface area (Å²) in [6.45, 7) is 4.44. The number of carbonyl (C=O) groups is 1. The first-order valence-corrected chi connectivity index (χ1v) is 9.34. The molecule has 0 atom stereocenters. The quantitative estimate of drug-likeness (QED) is 0.685. The standard InChI is InChI=1S/C19H21IN2O3/c20-16-3-7-18(8-4-16)25-14-19(23)21-17-5-1-15(2-6-17)13-22-9-11-24-12-10-22/h1-8H,9-14H2,(H,21,23). The second-order valence-electron chi connectivity index (χ2n) is 5.88. The van der Waals surface area contributed by atoms with Crippen LogP contribution < -0.4 is 10.1 Å². The second kappa shape index (κ2) is 9.17. The molecule has 5 nitrogen and oxygen atoms in total. The van der Waals surface area contributed by atoms with Crippen molar-refractivity contribution in [3.05, 3.63) is 57.7 Å². The summed E-state index contributed by atoms with van der Waals surface area (Å²) in [5.74, 6) is 0.524. The number of benzene rings is 2. The smallest absolute Gasteiger partial charge is 0.262 e. The molecule has 3 rings (SSSR count). The van der Waals surface area contributed by atoms with Gasteiger partial charge in [-0.25, -0.2) is 0 Å². The summed E-state index contributed by atoms with van der Waals surface area (Å²) in [6.07, 6.45) is 0. The van der Waals surface area contributed by atoms with Crippen LogP contribution >= 0.6 is 22.6 Å². The van der Waals surface area contributed by atoms with E-state index in [1.54, 1.807) is 0 Å². The predicted molar refractivity (Wildman–Crippen MR) is 106 cm³/mol. The Morgan fingerprint density at radius 3 is 2.44 bits per heavy atom. The fourth-order valence-electron chi connectivity index (χ4n) is 2.59. The number of amides is 1. The predicted octanol–water partition coefficient (Wildman–Crippen LogP) is 3.14. The molecule has 0 spiro atoms. The van der Waals surface area contributed by atoms with E-state index in [1.165, 1.54) is 5.56 Å². The Labute approximate surface area is 161 Å². The number of nitrogens with one attached hydrogen (secondary N) is 1. The largest absolute Gasteiger partial charge is 0.484 e. The van der Waals surface area contributed by atoms with Crippen molar-refractivity contribution in [3.8, 4) is 5.75 Å². The molecule has 6 heteroatoms. The van der Waals surface area contributed by atoms with Crippen molar-refractivity contribution in [2.45, 2.75) is 6.54 Å². The van der Waals surface area contributed by atoms with Gasteiger partial charge in [0.1, 0.15) is 5.75 Å². The van der Waals surface area contributed by atoms with Gasteiger partial charge < -0.3 is 14.8 Å². The average Bonchev–Trinajstić information content (AvgIpc) is 2.64. The molecule has 1 heterocycles. The van der Waals surface area contributed by atoms with E-state index in [2.05, 4.69) is 32.8 Å². The van der Waals surface area contributed by atoms with E-state index in [1.807, 2.05) is 48.5 Å². The lowest BCUT2D eigenvalue weighted by Gasteiger charge is -2.26. The van der Waals surface area contributed by atoms with E-state index in [4.69, 9.17) is 9.47 Å². The molecule has 1 aliphatic heterocycles. The van der Waals surface area contributed by atoms with Gasteiger partial charge >= 0.3 is 0 Å². The van der Waals surface area contributed by atoms with Gasteiger partial charge in [-0.05, 0) is 64.6 Å². The van der Waals surface area contributed by atoms with Crippen molar-refractivity contribution < 1.29 is 14.3 Å². The summed E-state index contributed by atoms with van der Waals surface area (Å²) in [4.78, 5) is 14.4. The van der Waals surface area contributed by atoms with E-state index in [0.717, 1.165) is 42.1 Å². The Hall–Kier alpha value is -1.64. The minimum atomic E-state index is -0.167. The lowest BCUT2D eigenvalue weighted by molar-refractivity contribution is -0.118. The number of morpholine rings is 1. The normalized spacial score (nSPS) is 14.9. The van der Waals surface area contributed by atoms with Crippen LogP contribution in [0.5, 0.6) is 5.75 Å². The van der Waals surface area contributed by atoms with Gasteiger partial charge in [0, 0.05) is 28.9 Å². The molecule has 25 heavy (non-hydrogen) atoms. The molecule has 0 saturated carbocycles. The molecule has 1 fully saturated rings. The highest BCUT2D eigenvalue weighted by Gasteiger charge is 2.10. The maximum atomic E-state index is 12.0. The van der Waals surface area contributed by atoms with Crippen molar-refractivity contribution in [2.24, 2.45) is 0 Å². The number of anilines is 1. The number of carbonyl (C=O) groups excluding carboxylic acids is 1. The zero-order valence-corrected chi connectivity index (χ0v) is 16.1. The molecule has 1 N–H and O–H groups in total. The summed E-state index contributed by atoms with van der Waals surface area (Å²) >= 11 is 2.23. The summed E-state index contributed by atoms with van der Waals surface area (Å²) in [5, 5.41) is 2.86.